The molecule has 0 radical (unpaired) electrons. The Balaban J connectivity index is 0.00000162. The highest BCUT2D eigenvalue weighted by Gasteiger charge is 2.31. The van der Waals surface area contributed by atoms with E-state index < -0.39 is 0 Å². The number of ether oxygens (including phenoxy) is 1. The van der Waals surface area contributed by atoms with Crippen LogP contribution in [0.15, 0.2) is 5.38 Å². The third kappa shape index (κ3) is 3.41. The van der Waals surface area contributed by atoms with E-state index in [0.29, 0.717) is 31.9 Å². The molecule has 0 spiro atoms. The molecule has 1 aromatic rings. The second kappa shape index (κ2) is 5.97. The summed E-state index contributed by atoms with van der Waals surface area (Å²) in [5.74, 6) is -0.0303. The lowest BCUT2D eigenvalue weighted by Gasteiger charge is -2.37. The summed E-state index contributed by atoms with van der Waals surface area (Å²) in [6.45, 7) is 6.15. The van der Waals surface area contributed by atoms with Crippen molar-refractivity contribution in [1.82, 2.24) is 9.88 Å². The molecule has 0 bridgehead atoms. The molecule has 0 atom stereocenters. The average molecular weight is 292 g/mol. The molecular formula is C11H18ClN3O2S. The molecule has 2 heterocycles. The monoisotopic (exact) mass is 291 g/mol. The highest BCUT2D eigenvalue weighted by Crippen LogP contribution is 2.19. The maximum absolute atomic E-state index is 12.2. The lowest BCUT2D eigenvalue weighted by molar-refractivity contribution is -0.0764. The molecule has 0 aliphatic carbocycles. The second-order valence-corrected chi connectivity index (χ2v) is 5.61. The highest BCUT2D eigenvalue weighted by atomic mass is 35.5. The number of hydrogen-bond acceptors (Lipinski definition) is 5. The van der Waals surface area contributed by atoms with Crippen LogP contribution in [-0.2, 0) is 11.3 Å². The number of aromatic nitrogens is 1. The first kappa shape index (κ1) is 15.4. The minimum atomic E-state index is -0.277. The van der Waals surface area contributed by atoms with Crippen molar-refractivity contribution in [2.45, 2.75) is 26.0 Å². The summed E-state index contributed by atoms with van der Waals surface area (Å²) in [7, 11) is 0. The van der Waals surface area contributed by atoms with Gasteiger partial charge in [0.15, 0.2) is 0 Å². The van der Waals surface area contributed by atoms with E-state index in [4.69, 9.17) is 10.5 Å². The number of rotatable bonds is 2. The van der Waals surface area contributed by atoms with Crippen LogP contribution in [0, 0.1) is 0 Å². The average Bonchev–Trinajstić information content (AvgIpc) is 2.75. The molecule has 5 nitrogen and oxygen atoms in total. The predicted molar refractivity (Wildman–Crippen MR) is 73.2 cm³/mol. The first-order chi connectivity index (χ1) is 8.02. The third-order valence-corrected chi connectivity index (χ3v) is 3.53. The molecule has 1 aromatic heterocycles. The van der Waals surface area contributed by atoms with Gasteiger partial charge in [0.2, 0.25) is 0 Å². The van der Waals surface area contributed by atoms with E-state index >= 15 is 0 Å². The number of carbonyl (C=O) groups excluding carboxylic acids is 1. The number of morpholine rings is 1. The zero-order valence-corrected chi connectivity index (χ0v) is 12.1. The van der Waals surface area contributed by atoms with Gasteiger partial charge in [-0.15, -0.1) is 23.7 Å². The van der Waals surface area contributed by atoms with Crippen molar-refractivity contribution in [3.8, 4) is 0 Å². The van der Waals surface area contributed by atoms with Gasteiger partial charge in [-0.25, -0.2) is 4.98 Å². The number of nitrogens with zero attached hydrogens (tertiary/aromatic N) is 2. The standard InChI is InChI=1S/C11H17N3O2S.ClH/c1-11(2)7-14(3-4-16-11)10(15)8-6-17-9(5-12)13-8;/h6H,3-5,7,12H2,1-2H3;1H. The number of amides is 1. The molecule has 1 fully saturated rings. The summed E-state index contributed by atoms with van der Waals surface area (Å²) >= 11 is 1.43. The Hall–Kier alpha value is -0.690. The van der Waals surface area contributed by atoms with E-state index in [-0.39, 0.29) is 23.9 Å². The number of halogens is 1. The van der Waals surface area contributed by atoms with Gasteiger partial charge in [-0.1, -0.05) is 0 Å². The lowest BCUT2D eigenvalue weighted by atomic mass is 10.1. The van der Waals surface area contributed by atoms with Crippen LogP contribution in [0.4, 0.5) is 0 Å². The van der Waals surface area contributed by atoms with Crippen molar-refractivity contribution in [2.75, 3.05) is 19.7 Å². The summed E-state index contributed by atoms with van der Waals surface area (Å²) in [6.07, 6.45) is 0. The van der Waals surface area contributed by atoms with Gasteiger partial charge < -0.3 is 15.4 Å². The summed E-state index contributed by atoms with van der Waals surface area (Å²) < 4.78 is 5.58. The number of carbonyl (C=O) groups is 1. The summed E-state index contributed by atoms with van der Waals surface area (Å²) in [5.41, 5.74) is 5.70. The predicted octanol–water partition coefficient (Wildman–Crippen LogP) is 1.27. The smallest absolute Gasteiger partial charge is 0.273 e. The number of hydrogen-bond donors (Lipinski definition) is 1. The Morgan fingerprint density at radius 3 is 2.94 bits per heavy atom. The molecule has 1 amide bonds. The van der Waals surface area contributed by atoms with Crippen LogP contribution in [-0.4, -0.2) is 41.1 Å². The van der Waals surface area contributed by atoms with Gasteiger partial charge in [0.1, 0.15) is 10.7 Å². The van der Waals surface area contributed by atoms with Gasteiger partial charge in [0.25, 0.3) is 5.91 Å². The normalized spacial score (nSPS) is 18.3. The van der Waals surface area contributed by atoms with Crippen LogP contribution in [0.5, 0.6) is 0 Å². The molecule has 0 saturated carbocycles. The quantitative estimate of drug-likeness (QED) is 0.891. The van der Waals surface area contributed by atoms with Gasteiger partial charge in [-0.3, -0.25) is 4.79 Å². The third-order valence-electron chi connectivity index (χ3n) is 2.66. The second-order valence-electron chi connectivity index (χ2n) is 4.67. The molecule has 1 aliphatic rings. The van der Waals surface area contributed by atoms with Gasteiger partial charge in [0.05, 0.1) is 12.2 Å². The Kier molecular flexibility index (Phi) is 5.10. The number of thiazole rings is 1. The highest BCUT2D eigenvalue weighted by molar-refractivity contribution is 7.09. The Morgan fingerprint density at radius 2 is 2.39 bits per heavy atom. The number of nitrogens with two attached hydrogens (primary N) is 1. The minimum Gasteiger partial charge on any atom is -0.372 e. The molecule has 102 valence electrons. The van der Waals surface area contributed by atoms with Crippen molar-refractivity contribution in [1.29, 1.82) is 0 Å². The van der Waals surface area contributed by atoms with Crippen molar-refractivity contribution in [2.24, 2.45) is 5.73 Å². The van der Waals surface area contributed by atoms with E-state index in [1.807, 2.05) is 13.8 Å². The fourth-order valence-electron chi connectivity index (χ4n) is 1.85. The molecule has 0 aromatic carbocycles. The van der Waals surface area contributed by atoms with Gasteiger partial charge in [0, 0.05) is 25.0 Å². The molecule has 7 heteroatoms. The largest absolute Gasteiger partial charge is 0.372 e. The maximum Gasteiger partial charge on any atom is 0.273 e. The Morgan fingerprint density at radius 1 is 1.67 bits per heavy atom. The van der Waals surface area contributed by atoms with Crippen molar-refractivity contribution < 1.29 is 9.53 Å². The molecule has 18 heavy (non-hydrogen) atoms. The molecule has 1 saturated heterocycles. The van der Waals surface area contributed by atoms with Crippen LogP contribution in [0.3, 0.4) is 0 Å². The van der Waals surface area contributed by atoms with E-state index in [0.717, 1.165) is 5.01 Å². The summed E-state index contributed by atoms with van der Waals surface area (Å²) in [5, 5.41) is 2.56. The topological polar surface area (TPSA) is 68.5 Å². The molecule has 2 N–H and O–H groups in total. The molecular weight excluding hydrogens is 274 g/mol. The molecule has 2 rings (SSSR count). The van der Waals surface area contributed by atoms with Crippen molar-refractivity contribution >= 4 is 29.7 Å². The zero-order valence-electron chi connectivity index (χ0n) is 10.5. The van der Waals surface area contributed by atoms with Gasteiger partial charge in [-0.05, 0) is 13.8 Å². The van der Waals surface area contributed by atoms with Crippen LogP contribution in [0.25, 0.3) is 0 Å². The Bertz CT molecular complexity index is 422. The molecule has 0 unspecified atom stereocenters. The Labute approximate surface area is 117 Å². The fourth-order valence-corrected chi connectivity index (χ4v) is 2.50. The van der Waals surface area contributed by atoms with Gasteiger partial charge >= 0.3 is 0 Å². The zero-order chi connectivity index (χ0) is 12.5. The lowest BCUT2D eigenvalue weighted by Crippen LogP contribution is -2.50. The van der Waals surface area contributed by atoms with Crippen LogP contribution >= 0.6 is 23.7 Å². The van der Waals surface area contributed by atoms with Crippen LogP contribution in [0.2, 0.25) is 0 Å². The van der Waals surface area contributed by atoms with Crippen LogP contribution < -0.4 is 5.73 Å². The summed E-state index contributed by atoms with van der Waals surface area (Å²) in [6, 6.07) is 0. The van der Waals surface area contributed by atoms with E-state index in [1.165, 1.54) is 11.3 Å². The molecule has 1 aliphatic heterocycles. The fraction of sp³-hybridized carbons (Fsp3) is 0.636. The SMILES string of the molecule is CC1(C)CN(C(=O)c2csc(CN)n2)CCO1.Cl. The van der Waals surface area contributed by atoms with E-state index in [1.54, 1.807) is 10.3 Å². The summed E-state index contributed by atoms with van der Waals surface area (Å²) in [4.78, 5) is 18.2. The minimum absolute atomic E-state index is 0. The first-order valence-corrected chi connectivity index (χ1v) is 6.47. The first-order valence-electron chi connectivity index (χ1n) is 5.59. The maximum atomic E-state index is 12.2. The van der Waals surface area contributed by atoms with Crippen molar-refractivity contribution in [3.05, 3.63) is 16.1 Å². The van der Waals surface area contributed by atoms with E-state index in [9.17, 15) is 4.79 Å². The van der Waals surface area contributed by atoms with E-state index in [2.05, 4.69) is 4.98 Å². The van der Waals surface area contributed by atoms with Crippen LogP contribution in [0.1, 0.15) is 29.3 Å². The van der Waals surface area contributed by atoms with Crippen molar-refractivity contribution in [3.63, 3.8) is 0 Å². The van der Waals surface area contributed by atoms with Gasteiger partial charge in [-0.2, -0.15) is 0 Å².